The summed E-state index contributed by atoms with van der Waals surface area (Å²) in [6.07, 6.45) is 1.40. The number of ether oxygens (including phenoxy) is 1. The second kappa shape index (κ2) is 6.10. The van der Waals surface area contributed by atoms with Crippen molar-refractivity contribution in [2.75, 3.05) is 26.8 Å². The summed E-state index contributed by atoms with van der Waals surface area (Å²) >= 11 is 0. The smallest absolute Gasteiger partial charge is 0.248 e. The number of nitrogens with zero attached hydrogens (tertiary/aromatic N) is 3. The second-order valence-corrected chi connectivity index (χ2v) is 3.02. The Hall–Kier alpha value is -1.47. The first-order chi connectivity index (χ1) is 7.24. The van der Waals surface area contributed by atoms with Crippen molar-refractivity contribution < 1.29 is 9.53 Å². The van der Waals surface area contributed by atoms with Crippen molar-refractivity contribution in [2.24, 2.45) is 5.73 Å². The number of aromatic nitrogens is 3. The van der Waals surface area contributed by atoms with Crippen molar-refractivity contribution in [3.8, 4) is 0 Å². The number of rotatable bonds is 6. The van der Waals surface area contributed by atoms with Crippen LogP contribution in [0.4, 0.5) is 0 Å². The molecule has 1 heterocycles. The Balaban J connectivity index is 2.27. The predicted octanol–water partition coefficient (Wildman–Crippen LogP) is -1.26. The summed E-state index contributed by atoms with van der Waals surface area (Å²) < 4.78 is 5.02. The van der Waals surface area contributed by atoms with Crippen molar-refractivity contribution in [3.63, 3.8) is 0 Å². The van der Waals surface area contributed by atoms with E-state index in [1.165, 1.54) is 11.2 Å². The van der Waals surface area contributed by atoms with Gasteiger partial charge in [-0.15, -0.1) is 0 Å². The quantitative estimate of drug-likeness (QED) is 0.575. The van der Waals surface area contributed by atoms with Gasteiger partial charge in [0.1, 0.15) is 18.8 Å². The molecule has 0 aromatic carbocycles. The van der Waals surface area contributed by atoms with Gasteiger partial charge in [-0.1, -0.05) is 0 Å². The van der Waals surface area contributed by atoms with Crippen LogP contribution in [0, 0.1) is 0 Å². The fraction of sp³-hybridized carbons (Fsp3) is 0.625. The number of aromatic amines is 1. The van der Waals surface area contributed by atoms with E-state index in [-0.39, 0.29) is 12.5 Å². The lowest BCUT2D eigenvalue weighted by Gasteiger charge is -2.15. The van der Waals surface area contributed by atoms with Crippen molar-refractivity contribution in [1.82, 2.24) is 20.1 Å². The molecule has 0 aliphatic heterocycles. The first-order valence-corrected chi connectivity index (χ1v) is 4.60. The lowest BCUT2D eigenvalue weighted by atomic mass is 10.5. The highest BCUT2D eigenvalue weighted by Crippen LogP contribution is 1.94. The zero-order valence-corrected chi connectivity index (χ0v) is 8.64. The summed E-state index contributed by atoms with van der Waals surface area (Å²) in [4.78, 5) is 16.9. The van der Waals surface area contributed by atoms with Crippen LogP contribution in [0.3, 0.4) is 0 Å². The molecule has 7 nitrogen and oxygen atoms in total. The summed E-state index contributed by atoms with van der Waals surface area (Å²) in [7, 11) is 1.68. The molecule has 0 aliphatic carbocycles. The minimum Gasteiger partial charge on any atom is -0.370 e. The molecule has 15 heavy (non-hydrogen) atoms. The zero-order chi connectivity index (χ0) is 11.1. The van der Waals surface area contributed by atoms with Gasteiger partial charge < -0.3 is 15.4 Å². The van der Waals surface area contributed by atoms with Crippen LogP contribution >= 0.6 is 0 Å². The van der Waals surface area contributed by atoms with Gasteiger partial charge >= 0.3 is 0 Å². The number of hydrogen-bond donors (Lipinski definition) is 2. The first-order valence-electron chi connectivity index (χ1n) is 4.60. The molecule has 1 rings (SSSR count). The maximum atomic E-state index is 11.4. The van der Waals surface area contributed by atoms with Gasteiger partial charge in [0.05, 0.1) is 13.2 Å². The van der Waals surface area contributed by atoms with Gasteiger partial charge in [-0.05, 0) is 0 Å². The lowest BCUT2D eigenvalue weighted by molar-refractivity contribution is -0.135. The highest BCUT2D eigenvalue weighted by atomic mass is 16.5. The topological polar surface area (TPSA) is 97.1 Å². The Morgan fingerprint density at radius 1 is 1.73 bits per heavy atom. The minimum atomic E-state index is -0.111. The first kappa shape index (κ1) is 11.6. The fourth-order valence-electron chi connectivity index (χ4n) is 0.973. The van der Waals surface area contributed by atoms with Crippen LogP contribution in [0.1, 0.15) is 5.82 Å². The third kappa shape index (κ3) is 4.05. The van der Waals surface area contributed by atoms with E-state index in [1.807, 2.05) is 0 Å². The van der Waals surface area contributed by atoms with Crippen LogP contribution in [-0.2, 0) is 16.1 Å². The highest BCUT2D eigenvalue weighted by Gasteiger charge is 2.10. The molecular weight excluding hydrogens is 198 g/mol. The van der Waals surface area contributed by atoms with Gasteiger partial charge in [0.25, 0.3) is 0 Å². The summed E-state index contributed by atoms with van der Waals surface area (Å²) in [6.45, 7) is 1.24. The van der Waals surface area contributed by atoms with E-state index in [9.17, 15) is 4.79 Å². The Bertz CT molecular complexity index is 287. The van der Waals surface area contributed by atoms with E-state index in [4.69, 9.17) is 10.5 Å². The maximum absolute atomic E-state index is 11.4. The molecule has 0 saturated carbocycles. The Morgan fingerprint density at radius 2 is 2.53 bits per heavy atom. The average Bonchev–Trinajstić information content (AvgIpc) is 2.70. The Kier molecular flexibility index (Phi) is 4.72. The van der Waals surface area contributed by atoms with Crippen LogP contribution in [0.25, 0.3) is 0 Å². The predicted molar refractivity (Wildman–Crippen MR) is 52.7 cm³/mol. The standard InChI is InChI=1S/C8H15N5O2/c1-13(4-7-10-6-11-12-7)8(14)5-15-3-2-9/h6H,2-5,9H2,1H3,(H,10,11,12). The molecule has 0 radical (unpaired) electrons. The number of likely N-dealkylation sites (N-methyl/N-ethyl adjacent to an activating group) is 1. The van der Waals surface area contributed by atoms with Crippen molar-refractivity contribution >= 4 is 5.91 Å². The number of carbonyl (C=O) groups excluding carboxylic acids is 1. The summed E-state index contributed by atoms with van der Waals surface area (Å²) in [5.74, 6) is 0.532. The van der Waals surface area contributed by atoms with E-state index in [0.29, 0.717) is 25.5 Å². The van der Waals surface area contributed by atoms with E-state index < -0.39 is 0 Å². The van der Waals surface area contributed by atoms with Gasteiger partial charge in [-0.25, -0.2) is 4.98 Å². The number of hydrogen-bond acceptors (Lipinski definition) is 5. The third-order valence-corrected chi connectivity index (χ3v) is 1.77. The zero-order valence-electron chi connectivity index (χ0n) is 8.64. The molecule has 84 valence electrons. The number of nitrogens with two attached hydrogens (primary N) is 1. The summed E-state index contributed by atoms with van der Waals surface area (Å²) in [5.41, 5.74) is 5.23. The monoisotopic (exact) mass is 213 g/mol. The molecule has 1 aromatic heterocycles. The molecule has 0 saturated heterocycles. The van der Waals surface area contributed by atoms with Gasteiger partial charge in [0.2, 0.25) is 5.91 Å². The molecule has 1 amide bonds. The Morgan fingerprint density at radius 3 is 3.13 bits per heavy atom. The normalized spacial score (nSPS) is 10.3. The van der Waals surface area contributed by atoms with E-state index in [1.54, 1.807) is 7.05 Å². The van der Waals surface area contributed by atoms with Gasteiger partial charge in [0.15, 0.2) is 0 Å². The van der Waals surface area contributed by atoms with Crippen molar-refractivity contribution in [3.05, 3.63) is 12.2 Å². The number of nitrogens with one attached hydrogen (secondary N) is 1. The lowest BCUT2D eigenvalue weighted by Crippen LogP contribution is -2.31. The minimum absolute atomic E-state index is 0.0435. The SMILES string of the molecule is CN(Cc1ncn[nH]1)C(=O)COCCN. The van der Waals surface area contributed by atoms with Crippen LogP contribution in [0.5, 0.6) is 0 Å². The molecule has 3 N–H and O–H groups in total. The number of amides is 1. The number of H-pyrrole nitrogens is 1. The molecule has 0 atom stereocenters. The summed E-state index contributed by atoms with van der Waals surface area (Å²) in [5, 5.41) is 6.36. The third-order valence-electron chi connectivity index (χ3n) is 1.77. The average molecular weight is 213 g/mol. The molecule has 0 unspecified atom stereocenters. The number of carbonyl (C=O) groups is 1. The van der Waals surface area contributed by atoms with E-state index in [0.717, 1.165) is 0 Å². The molecule has 0 aliphatic rings. The van der Waals surface area contributed by atoms with E-state index >= 15 is 0 Å². The molecule has 0 spiro atoms. The van der Waals surface area contributed by atoms with Crippen LogP contribution in [0.2, 0.25) is 0 Å². The summed E-state index contributed by atoms with van der Waals surface area (Å²) in [6, 6.07) is 0. The fourth-order valence-corrected chi connectivity index (χ4v) is 0.973. The molecule has 0 bridgehead atoms. The Labute approximate surface area is 87.6 Å². The van der Waals surface area contributed by atoms with Gasteiger partial charge in [-0.3, -0.25) is 9.89 Å². The van der Waals surface area contributed by atoms with Crippen LogP contribution in [0.15, 0.2) is 6.33 Å². The van der Waals surface area contributed by atoms with Crippen LogP contribution < -0.4 is 5.73 Å². The van der Waals surface area contributed by atoms with Gasteiger partial charge in [0, 0.05) is 13.6 Å². The highest BCUT2D eigenvalue weighted by molar-refractivity contribution is 5.77. The van der Waals surface area contributed by atoms with Crippen LogP contribution in [-0.4, -0.2) is 52.8 Å². The maximum Gasteiger partial charge on any atom is 0.248 e. The van der Waals surface area contributed by atoms with Crippen molar-refractivity contribution in [2.45, 2.75) is 6.54 Å². The van der Waals surface area contributed by atoms with E-state index in [2.05, 4.69) is 15.2 Å². The molecular formula is C8H15N5O2. The molecule has 7 heteroatoms. The second-order valence-electron chi connectivity index (χ2n) is 3.02. The molecule has 1 aromatic rings. The largest absolute Gasteiger partial charge is 0.370 e. The van der Waals surface area contributed by atoms with Gasteiger partial charge in [-0.2, -0.15) is 5.10 Å². The molecule has 0 fully saturated rings. The van der Waals surface area contributed by atoms with Crippen molar-refractivity contribution in [1.29, 1.82) is 0 Å².